The molecule has 0 bridgehead atoms. The SMILES string of the molecule is O[C@H](COCCOc1ccc(F)cc1)CN1CCN(c2ccc(F)cc2)CC1. The molecule has 1 heterocycles. The Balaban J connectivity index is 1.27. The highest BCUT2D eigenvalue weighted by Gasteiger charge is 2.19. The second kappa shape index (κ2) is 10.4. The van der Waals surface area contributed by atoms with Crippen molar-refractivity contribution in [3.8, 4) is 5.75 Å². The van der Waals surface area contributed by atoms with Gasteiger partial charge in [0.25, 0.3) is 0 Å². The van der Waals surface area contributed by atoms with Gasteiger partial charge in [-0.25, -0.2) is 8.78 Å². The lowest BCUT2D eigenvalue weighted by Crippen LogP contribution is -2.49. The van der Waals surface area contributed by atoms with Gasteiger partial charge in [0.15, 0.2) is 0 Å². The highest BCUT2D eigenvalue weighted by molar-refractivity contribution is 5.46. The van der Waals surface area contributed by atoms with E-state index in [1.807, 2.05) is 0 Å². The van der Waals surface area contributed by atoms with Crippen LogP contribution in [0, 0.1) is 11.6 Å². The van der Waals surface area contributed by atoms with Crippen molar-refractivity contribution in [2.24, 2.45) is 0 Å². The number of nitrogens with zero attached hydrogens (tertiary/aromatic N) is 2. The van der Waals surface area contributed by atoms with Crippen LogP contribution >= 0.6 is 0 Å². The van der Waals surface area contributed by atoms with Gasteiger partial charge in [-0.05, 0) is 48.5 Å². The molecule has 1 aliphatic rings. The maximum absolute atomic E-state index is 13.0. The minimum absolute atomic E-state index is 0.228. The summed E-state index contributed by atoms with van der Waals surface area (Å²) < 4.78 is 36.7. The van der Waals surface area contributed by atoms with Crippen LogP contribution < -0.4 is 9.64 Å². The monoisotopic (exact) mass is 392 g/mol. The minimum atomic E-state index is -0.566. The maximum Gasteiger partial charge on any atom is 0.123 e. The molecule has 7 heteroatoms. The van der Waals surface area contributed by atoms with Crippen LogP contribution in [-0.2, 0) is 4.74 Å². The molecule has 0 radical (unpaired) electrons. The number of halogens is 2. The zero-order valence-corrected chi connectivity index (χ0v) is 15.8. The maximum atomic E-state index is 13.0. The number of rotatable bonds is 9. The van der Waals surface area contributed by atoms with Gasteiger partial charge in [0.2, 0.25) is 0 Å². The van der Waals surface area contributed by atoms with E-state index in [0.29, 0.717) is 25.5 Å². The Kier molecular flexibility index (Phi) is 7.59. The Bertz CT molecular complexity index is 705. The number of anilines is 1. The van der Waals surface area contributed by atoms with Crippen LogP contribution in [0.5, 0.6) is 5.75 Å². The van der Waals surface area contributed by atoms with E-state index < -0.39 is 6.10 Å². The van der Waals surface area contributed by atoms with Crippen LogP contribution in [0.15, 0.2) is 48.5 Å². The van der Waals surface area contributed by atoms with Crippen LogP contribution in [0.3, 0.4) is 0 Å². The number of aliphatic hydroxyl groups is 1. The molecular weight excluding hydrogens is 366 g/mol. The van der Waals surface area contributed by atoms with Crippen molar-refractivity contribution in [3.63, 3.8) is 0 Å². The summed E-state index contributed by atoms with van der Waals surface area (Å²) in [5.41, 5.74) is 1.02. The predicted octanol–water partition coefficient (Wildman–Crippen LogP) is 2.54. The van der Waals surface area contributed by atoms with Crippen molar-refractivity contribution in [2.45, 2.75) is 6.10 Å². The highest BCUT2D eigenvalue weighted by Crippen LogP contribution is 2.17. The molecule has 5 nitrogen and oxygen atoms in total. The molecule has 1 fully saturated rings. The van der Waals surface area contributed by atoms with Crippen LogP contribution in [0.25, 0.3) is 0 Å². The number of hydrogen-bond donors (Lipinski definition) is 1. The van der Waals surface area contributed by atoms with E-state index in [9.17, 15) is 13.9 Å². The van der Waals surface area contributed by atoms with Gasteiger partial charge < -0.3 is 19.5 Å². The normalized spacial score (nSPS) is 16.2. The molecule has 152 valence electrons. The summed E-state index contributed by atoms with van der Waals surface area (Å²) in [4.78, 5) is 4.41. The van der Waals surface area contributed by atoms with Gasteiger partial charge in [-0.3, -0.25) is 4.90 Å². The summed E-state index contributed by atoms with van der Waals surface area (Å²) in [5.74, 6) is 0.0587. The molecule has 0 saturated carbocycles. The van der Waals surface area contributed by atoms with Crippen molar-refractivity contribution in [1.29, 1.82) is 0 Å². The Morgan fingerprint density at radius 1 is 0.857 bits per heavy atom. The number of benzene rings is 2. The van der Waals surface area contributed by atoms with E-state index in [4.69, 9.17) is 9.47 Å². The zero-order chi connectivity index (χ0) is 19.8. The first-order chi connectivity index (χ1) is 13.6. The molecule has 1 saturated heterocycles. The summed E-state index contributed by atoms with van der Waals surface area (Å²) in [5, 5.41) is 10.2. The van der Waals surface area contributed by atoms with Gasteiger partial charge in [0.1, 0.15) is 24.0 Å². The Hall–Kier alpha value is -2.22. The second-order valence-electron chi connectivity index (χ2n) is 6.80. The van der Waals surface area contributed by atoms with Gasteiger partial charge in [0.05, 0.1) is 19.3 Å². The van der Waals surface area contributed by atoms with E-state index in [-0.39, 0.29) is 18.2 Å². The largest absolute Gasteiger partial charge is 0.491 e. The smallest absolute Gasteiger partial charge is 0.123 e. The van der Waals surface area contributed by atoms with Crippen LogP contribution in [0.2, 0.25) is 0 Å². The molecule has 1 N–H and O–H groups in total. The third kappa shape index (κ3) is 6.44. The standard InChI is InChI=1S/C21H26F2N2O3/c22-17-1-5-19(6-2-17)25-11-9-24(10-12-25)15-20(26)16-27-13-14-28-21-7-3-18(23)4-8-21/h1-8,20,26H,9-16H2/t20-/m0/s1. The van der Waals surface area contributed by atoms with Gasteiger partial charge in [0, 0.05) is 38.4 Å². The van der Waals surface area contributed by atoms with E-state index in [2.05, 4.69) is 9.80 Å². The Labute approximate surface area is 164 Å². The van der Waals surface area contributed by atoms with E-state index in [1.54, 1.807) is 24.3 Å². The molecule has 0 aromatic heterocycles. The first-order valence-electron chi connectivity index (χ1n) is 9.47. The lowest BCUT2D eigenvalue weighted by molar-refractivity contribution is 0.00717. The van der Waals surface area contributed by atoms with Crippen molar-refractivity contribution >= 4 is 5.69 Å². The third-order valence-corrected chi connectivity index (χ3v) is 4.65. The van der Waals surface area contributed by atoms with Crippen LogP contribution in [0.1, 0.15) is 0 Å². The quantitative estimate of drug-likeness (QED) is 0.665. The van der Waals surface area contributed by atoms with Crippen LogP contribution in [-0.4, -0.2) is 68.7 Å². The summed E-state index contributed by atoms with van der Waals surface area (Å²) in [7, 11) is 0. The third-order valence-electron chi connectivity index (χ3n) is 4.65. The molecule has 0 spiro atoms. The number of ether oxygens (including phenoxy) is 2. The number of hydrogen-bond acceptors (Lipinski definition) is 5. The van der Waals surface area contributed by atoms with Crippen LogP contribution in [0.4, 0.5) is 14.5 Å². The summed E-state index contributed by atoms with van der Waals surface area (Å²) in [6, 6.07) is 12.4. The van der Waals surface area contributed by atoms with E-state index in [0.717, 1.165) is 31.9 Å². The van der Waals surface area contributed by atoms with Crippen molar-refractivity contribution in [1.82, 2.24) is 4.90 Å². The Morgan fingerprint density at radius 2 is 1.46 bits per heavy atom. The summed E-state index contributed by atoms with van der Waals surface area (Å²) >= 11 is 0. The molecule has 28 heavy (non-hydrogen) atoms. The number of aliphatic hydroxyl groups excluding tert-OH is 1. The molecule has 1 aliphatic heterocycles. The summed E-state index contributed by atoms with van der Waals surface area (Å²) in [6.45, 7) is 4.84. The topological polar surface area (TPSA) is 45.2 Å². The van der Waals surface area contributed by atoms with Gasteiger partial charge in [-0.2, -0.15) is 0 Å². The van der Waals surface area contributed by atoms with Gasteiger partial charge in [-0.1, -0.05) is 0 Å². The first kappa shape index (κ1) is 20.5. The average Bonchev–Trinajstić information content (AvgIpc) is 2.70. The molecular formula is C21H26F2N2O3. The fraction of sp³-hybridized carbons (Fsp3) is 0.429. The highest BCUT2D eigenvalue weighted by atomic mass is 19.1. The zero-order valence-electron chi connectivity index (χ0n) is 15.8. The van der Waals surface area contributed by atoms with Crippen molar-refractivity contribution < 1.29 is 23.4 Å². The average molecular weight is 392 g/mol. The molecule has 0 amide bonds. The van der Waals surface area contributed by atoms with Crippen molar-refractivity contribution in [2.75, 3.05) is 57.4 Å². The fourth-order valence-electron chi connectivity index (χ4n) is 3.16. The molecule has 3 rings (SSSR count). The van der Waals surface area contributed by atoms with E-state index >= 15 is 0 Å². The second-order valence-corrected chi connectivity index (χ2v) is 6.80. The molecule has 0 unspecified atom stereocenters. The van der Waals surface area contributed by atoms with Gasteiger partial charge >= 0.3 is 0 Å². The summed E-state index contributed by atoms with van der Waals surface area (Å²) in [6.07, 6.45) is -0.566. The lowest BCUT2D eigenvalue weighted by Gasteiger charge is -2.36. The molecule has 0 aliphatic carbocycles. The first-order valence-corrected chi connectivity index (χ1v) is 9.47. The molecule has 2 aromatic carbocycles. The fourth-order valence-corrected chi connectivity index (χ4v) is 3.16. The molecule has 1 atom stereocenters. The number of β-amino-alcohol motifs (C(OH)–C–C–N with tert-alkyl or cyclic N) is 1. The minimum Gasteiger partial charge on any atom is -0.491 e. The Morgan fingerprint density at radius 3 is 2.11 bits per heavy atom. The predicted molar refractivity (Wildman–Crippen MR) is 104 cm³/mol. The van der Waals surface area contributed by atoms with E-state index in [1.165, 1.54) is 24.3 Å². The van der Waals surface area contributed by atoms with Gasteiger partial charge in [-0.15, -0.1) is 0 Å². The van der Waals surface area contributed by atoms with Crippen molar-refractivity contribution in [3.05, 3.63) is 60.2 Å². The number of piperazine rings is 1. The lowest BCUT2D eigenvalue weighted by atomic mass is 10.2. The molecule has 2 aromatic rings.